The number of Topliss-reactive ketones (excluding diaryl/α,β-unsaturated/α-hetero) is 1. The summed E-state index contributed by atoms with van der Waals surface area (Å²) in [6, 6.07) is 7.60. The molecule has 1 aliphatic carbocycles. The minimum absolute atomic E-state index is 0.545. The first kappa shape index (κ1) is 11.8. The summed E-state index contributed by atoms with van der Waals surface area (Å²) in [5.74, 6) is -1.50. The van der Waals surface area contributed by atoms with E-state index in [1.807, 2.05) is 24.3 Å². The molecule has 0 radical (unpaired) electrons. The Kier molecular flexibility index (Phi) is 2.98. The number of esters is 1. The number of aryl methyl sites for hydroxylation is 1. The Hall–Kier alpha value is -1.68. The number of nitrogens with two attached hydrogens (primary N) is 1. The molecule has 0 bridgehead atoms. The quantitative estimate of drug-likeness (QED) is 0.474. The Morgan fingerprint density at radius 2 is 2.06 bits per heavy atom. The maximum Gasteiger partial charge on any atom is 0.376 e. The maximum atomic E-state index is 11.4. The fourth-order valence-electron chi connectivity index (χ4n) is 2.17. The van der Waals surface area contributed by atoms with Crippen LogP contribution in [0.3, 0.4) is 0 Å². The molecule has 1 aromatic carbocycles. The van der Waals surface area contributed by atoms with E-state index in [4.69, 9.17) is 10.5 Å². The van der Waals surface area contributed by atoms with Crippen LogP contribution < -0.4 is 5.73 Å². The van der Waals surface area contributed by atoms with Gasteiger partial charge in [0, 0.05) is 18.9 Å². The lowest BCUT2D eigenvalue weighted by molar-refractivity contribution is -0.167. The molecule has 4 heteroatoms. The van der Waals surface area contributed by atoms with Crippen molar-refractivity contribution < 1.29 is 14.3 Å². The first-order valence-corrected chi connectivity index (χ1v) is 5.64. The minimum Gasteiger partial charge on any atom is -0.434 e. The van der Waals surface area contributed by atoms with Crippen molar-refractivity contribution in [2.24, 2.45) is 5.73 Å². The molecular formula is C13H15NO3. The van der Waals surface area contributed by atoms with Crippen LogP contribution in [0.15, 0.2) is 24.3 Å². The number of carbonyl (C=O) groups excluding carboxylic acids is 2. The van der Waals surface area contributed by atoms with Gasteiger partial charge in [-0.3, -0.25) is 10.5 Å². The topological polar surface area (TPSA) is 69.4 Å². The van der Waals surface area contributed by atoms with E-state index in [9.17, 15) is 9.59 Å². The average molecular weight is 233 g/mol. The molecule has 0 heterocycles. The van der Waals surface area contributed by atoms with Crippen LogP contribution in [0, 0.1) is 0 Å². The maximum absolute atomic E-state index is 11.4. The Labute approximate surface area is 99.8 Å². The minimum atomic E-state index is -1.16. The molecule has 1 aromatic rings. The van der Waals surface area contributed by atoms with Gasteiger partial charge >= 0.3 is 5.97 Å². The first-order valence-electron chi connectivity index (χ1n) is 5.64. The first-order chi connectivity index (χ1) is 8.03. The summed E-state index contributed by atoms with van der Waals surface area (Å²) in [4.78, 5) is 22.3. The molecule has 0 saturated carbocycles. The van der Waals surface area contributed by atoms with Gasteiger partial charge in [-0.25, -0.2) is 4.79 Å². The van der Waals surface area contributed by atoms with Crippen LogP contribution in [0.25, 0.3) is 0 Å². The number of hydrogen-bond acceptors (Lipinski definition) is 4. The van der Waals surface area contributed by atoms with E-state index in [2.05, 4.69) is 0 Å². The highest BCUT2D eigenvalue weighted by atomic mass is 16.6. The van der Waals surface area contributed by atoms with Gasteiger partial charge in [-0.05, 0) is 18.4 Å². The van der Waals surface area contributed by atoms with Gasteiger partial charge in [-0.2, -0.15) is 0 Å². The molecule has 0 aromatic heterocycles. The Morgan fingerprint density at radius 1 is 1.35 bits per heavy atom. The molecule has 2 rings (SSSR count). The number of hydrogen-bond donors (Lipinski definition) is 1. The number of carbonyl (C=O) groups is 2. The molecule has 1 aliphatic rings. The van der Waals surface area contributed by atoms with Gasteiger partial charge in [0.25, 0.3) is 0 Å². The second-order valence-electron chi connectivity index (χ2n) is 4.35. The van der Waals surface area contributed by atoms with Crippen LogP contribution in [-0.4, -0.2) is 11.8 Å². The monoisotopic (exact) mass is 233 g/mol. The number of rotatable bonds is 2. The van der Waals surface area contributed by atoms with Gasteiger partial charge in [-0.15, -0.1) is 0 Å². The molecule has 2 N–H and O–H groups in total. The zero-order valence-corrected chi connectivity index (χ0v) is 9.73. The van der Waals surface area contributed by atoms with E-state index in [0.717, 1.165) is 24.0 Å². The highest BCUT2D eigenvalue weighted by Crippen LogP contribution is 2.34. The molecule has 90 valence electrons. The molecule has 0 saturated heterocycles. The van der Waals surface area contributed by atoms with Crippen molar-refractivity contribution in [3.05, 3.63) is 35.4 Å². The highest BCUT2D eigenvalue weighted by Gasteiger charge is 2.37. The fourth-order valence-corrected chi connectivity index (χ4v) is 2.17. The predicted molar refractivity (Wildman–Crippen MR) is 62.0 cm³/mol. The number of ketones is 1. The Balaban J connectivity index is 2.33. The van der Waals surface area contributed by atoms with E-state index in [0.29, 0.717) is 6.42 Å². The predicted octanol–water partition coefficient (Wildman–Crippen LogP) is 1.27. The summed E-state index contributed by atoms with van der Waals surface area (Å²) in [7, 11) is 0. The van der Waals surface area contributed by atoms with Gasteiger partial charge in [0.1, 0.15) is 0 Å². The van der Waals surface area contributed by atoms with E-state index >= 15 is 0 Å². The SMILES string of the molecule is CC(=O)C(=O)OC1(N)CCCc2ccccc21. The summed E-state index contributed by atoms with van der Waals surface area (Å²) in [5.41, 5.74) is 6.85. The zero-order valence-electron chi connectivity index (χ0n) is 9.73. The molecule has 1 atom stereocenters. The van der Waals surface area contributed by atoms with Crippen LogP contribution in [-0.2, 0) is 26.5 Å². The third kappa shape index (κ3) is 2.22. The molecule has 0 amide bonds. The number of benzene rings is 1. The normalized spacial score (nSPS) is 22.7. The molecule has 1 unspecified atom stereocenters. The lowest BCUT2D eigenvalue weighted by Crippen LogP contribution is -2.45. The van der Waals surface area contributed by atoms with Crippen LogP contribution in [0.4, 0.5) is 0 Å². The fraction of sp³-hybridized carbons (Fsp3) is 0.385. The second-order valence-corrected chi connectivity index (χ2v) is 4.35. The molecule has 17 heavy (non-hydrogen) atoms. The van der Waals surface area contributed by atoms with E-state index in [1.165, 1.54) is 6.92 Å². The van der Waals surface area contributed by atoms with Gasteiger partial charge < -0.3 is 4.74 Å². The van der Waals surface area contributed by atoms with E-state index in [1.54, 1.807) is 0 Å². The van der Waals surface area contributed by atoms with Crippen LogP contribution in [0.2, 0.25) is 0 Å². The van der Waals surface area contributed by atoms with E-state index in [-0.39, 0.29) is 0 Å². The van der Waals surface area contributed by atoms with Gasteiger partial charge in [0.05, 0.1) is 0 Å². The third-order valence-corrected chi connectivity index (χ3v) is 3.03. The van der Waals surface area contributed by atoms with Crippen LogP contribution in [0.1, 0.15) is 30.9 Å². The highest BCUT2D eigenvalue weighted by molar-refractivity contribution is 6.32. The molecular weight excluding hydrogens is 218 g/mol. The standard InChI is InChI=1S/C13H15NO3/c1-9(15)12(16)17-13(14)8-4-6-10-5-2-3-7-11(10)13/h2-3,5,7H,4,6,8,14H2,1H3. The Morgan fingerprint density at radius 3 is 2.76 bits per heavy atom. The van der Waals surface area contributed by atoms with Crippen molar-refractivity contribution >= 4 is 11.8 Å². The lowest BCUT2D eigenvalue weighted by atomic mass is 9.85. The van der Waals surface area contributed by atoms with Crippen molar-refractivity contribution in [3.63, 3.8) is 0 Å². The van der Waals surface area contributed by atoms with Crippen molar-refractivity contribution in [3.8, 4) is 0 Å². The average Bonchev–Trinajstić information content (AvgIpc) is 2.29. The van der Waals surface area contributed by atoms with Gasteiger partial charge in [0.15, 0.2) is 5.72 Å². The summed E-state index contributed by atoms with van der Waals surface area (Å²) < 4.78 is 5.16. The summed E-state index contributed by atoms with van der Waals surface area (Å²) in [5, 5.41) is 0. The van der Waals surface area contributed by atoms with Crippen molar-refractivity contribution in [1.82, 2.24) is 0 Å². The van der Waals surface area contributed by atoms with Crippen molar-refractivity contribution in [2.75, 3.05) is 0 Å². The summed E-state index contributed by atoms with van der Waals surface area (Å²) >= 11 is 0. The molecule has 0 aliphatic heterocycles. The zero-order chi connectivity index (χ0) is 12.5. The largest absolute Gasteiger partial charge is 0.434 e. The molecule has 0 spiro atoms. The summed E-state index contributed by atoms with van der Waals surface area (Å²) in [6.45, 7) is 1.18. The van der Waals surface area contributed by atoms with Crippen LogP contribution in [0.5, 0.6) is 0 Å². The van der Waals surface area contributed by atoms with Gasteiger partial charge in [-0.1, -0.05) is 24.3 Å². The third-order valence-electron chi connectivity index (χ3n) is 3.03. The molecule has 4 nitrogen and oxygen atoms in total. The van der Waals surface area contributed by atoms with Crippen molar-refractivity contribution in [2.45, 2.75) is 31.9 Å². The Bertz CT molecular complexity index is 469. The van der Waals surface area contributed by atoms with Crippen LogP contribution >= 0.6 is 0 Å². The van der Waals surface area contributed by atoms with Gasteiger partial charge in [0.2, 0.25) is 5.78 Å². The number of ether oxygens (including phenoxy) is 1. The smallest absolute Gasteiger partial charge is 0.376 e. The second kappa shape index (κ2) is 4.30. The summed E-state index contributed by atoms with van der Waals surface area (Å²) in [6.07, 6.45) is 2.31. The van der Waals surface area contributed by atoms with E-state index < -0.39 is 17.5 Å². The molecule has 0 fully saturated rings. The van der Waals surface area contributed by atoms with Crippen molar-refractivity contribution in [1.29, 1.82) is 0 Å². The number of fused-ring (bicyclic) bond motifs is 1. The lowest BCUT2D eigenvalue weighted by Gasteiger charge is -2.34.